The first-order valence-electron chi connectivity index (χ1n) is 6.76. The molecule has 1 saturated heterocycles. The van der Waals surface area contributed by atoms with Gasteiger partial charge in [-0.25, -0.2) is 0 Å². The summed E-state index contributed by atoms with van der Waals surface area (Å²) in [6, 6.07) is 3.13. The molecule has 0 amide bonds. The first kappa shape index (κ1) is 13.6. The summed E-state index contributed by atoms with van der Waals surface area (Å²) in [5.74, 6) is 1.05. The van der Waals surface area contributed by atoms with E-state index in [1.165, 1.54) is 5.56 Å². The molecule has 1 atom stereocenters. The van der Waals surface area contributed by atoms with Gasteiger partial charge in [-0.05, 0) is 13.0 Å². The van der Waals surface area contributed by atoms with Crippen molar-refractivity contribution in [3.63, 3.8) is 0 Å². The van der Waals surface area contributed by atoms with E-state index in [1.807, 2.05) is 6.26 Å². The molecule has 1 aromatic heterocycles. The van der Waals surface area contributed by atoms with Crippen LogP contribution in [0.25, 0.3) is 0 Å². The second-order valence-electron chi connectivity index (χ2n) is 5.35. The molecule has 1 aromatic rings. The van der Waals surface area contributed by atoms with Crippen molar-refractivity contribution in [2.45, 2.75) is 45.9 Å². The Morgan fingerprint density at radius 3 is 3.06 bits per heavy atom. The Bertz CT molecular complexity index is 362. The maximum atomic E-state index is 5.63. The number of ether oxygens (including phenoxy) is 1. The summed E-state index contributed by atoms with van der Waals surface area (Å²) in [7, 11) is 0. The molecule has 0 spiro atoms. The molecular formula is C14H24N2O2. The van der Waals surface area contributed by atoms with Crippen LogP contribution in [0, 0.1) is 0 Å². The molecule has 1 aliphatic heterocycles. The molecular weight excluding hydrogens is 228 g/mol. The smallest absolute Gasteiger partial charge is 0.118 e. The number of furan rings is 1. The molecule has 1 aliphatic rings. The van der Waals surface area contributed by atoms with Crippen molar-refractivity contribution in [2.75, 3.05) is 19.8 Å². The normalized spacial score (nSPS) is 21.7. The van der Waals surface area contributed by atoms with Crippen molar-refractivity contribution in [2.24, 2.45) is 0 Å². The zero-order chi connectivity index (χ0) is 13.0. The Kier molecular flexibility index (Phi) is 4.80. The molecule has 1 fully saturated rings. The van der Waals surface area contributed by atoms with Gasteiger partial charge in [0.25, 0.3) is 0 Å². The van der Waals surface area contributed by atoms with Crippen LogP contribution >= 0.6 is 0 Å². The highest BCUT2D eigenvalue weighted by atomic mass is 16.5. The van der Waals surface area contributed by atoms with E-state index >= 15 is 0 Å². The third-order valence-electron chi connectivity index (χ3n) is 3.29. The van der Waals surface area contributed by atoms with E-state index in [2.05, 4.69) is 37.1 Å². The van der Waals surface area contributed by atoms with Crippen LogP contribution in [-0.2, 0) is 17.8 Å². The van der Waals surface area contributed by atoms with Crippen LogP contribution in [0.4, 0.5) is 0 Å². The number of nitrogens with one attached hydrogen (secondary N) is 1. The maximum absolute atomic E-state index is 5.63. The van der Waals surface area contributed by atoms with Gasteiger partial charge in [0.2, 0.25) is 0 Å². The molecule has 0 aromatic carbocycles. The number of hydrogen-bond acceptors (Lipinski definition) is 4. The monoisotopic (exact) mass is 252 g/mol. The third kappa shape index (κ3) is 3.83. The number of hydrogen-bond donors (Lipinski definition) is 1. The van der Waals surface area contributed by atoms with Crippen LogP contribution in [-0.4, -0.2) is 36.7 Å². The largest absolute Gasteiger partial charge is 0.468 e. The lowest BCUT2D eigenvalue weighted by Crippen LogP contribution is -2.42. The predicted molar refractivity (Wildman–Crippen MR) is 71.4 cm³/mol. The Balaban J connectivity index is 1.85. The second kappa shape index (κ2) is 6.36. The second-order valence-corrected chi connectivity index (χ2v) is 5.35. The molecule has 0 bridgehead atoms. The van der Waals surface area contributed by atoms with E-state index in [4.69, 9.17) is 9.15 Å². The van der Waals surface area contributed by atoms with Gasteiger partial charge in [-0.3, -0.25) is 4.90 Å². The summed E-state index contributed by atoms with van der Waals surface area (Å²) >= 11 is 0. The molecule has 18 heavy (non-hydrogen) atoms. The highest BCUT2D eigenvalue weighted by molar-refractivity contribution is 5.12. The van der Waals surface area contributed by atoms with Crippen LogP contribution in [0.2, 0.25) is 0 Å². The molecule has 0 saturated carbocycles. The fourth-order valence-corrected chi connectivity index (χ4v) is 2.12. The van der Waals surface area contributed by atoms with E-state index in [-0.39, 0.29) is 0 Å². The average Bonchev–Trinajstić information content (AvgIpc) is 2.77. The number of nitrogens with zero attached hydrogens (tertiary/aromatic N) is 1. The third-order valence-corrected chi connectivity index (χ3v) is 3.29. The molecule has 2 rings (SSSR count). The molecule has 0 aliphatic carbocycles. The van der Waals surface area contributed by atoms with Crippen LogP contribution < -0.4 is 5.32 Å². The molecule has 0 radical (unpaired) electrons. The standard InChI is InChI=1S/C14H24N2O2/c1-11(2)15-7-13-6-14(18-10-13)8-16-4-5-17-9-12(16)3/h6,10-12,15H,4-5,7-9H2,1-3H3. The van der Waals surface area contributed by atoms with Crippen molar-refractivity contribution in [1.82, 2.24) is 10.2 Å². The molecule has 1 N–H and O–H groups in total. The van der Waals surface area contributed by atoms with E-state index < -0.39 is 0 Å². The quantitative estimate of drug-likeness (QED) is 0.870. The summed E-state index contributed by atoms with van der Waals surface area (Å²) in [6.07, 6.45) is 1.86. The predicted octanol–water partition coefficient (Wildman–Crippen LogP) is 2.00. The minimum absolute atomic E-state index is 0.473. The summed E-state index contributed by atoms with van der Waals surface area (Å²) in [4.78, 5) is 2.40. The van der Waals surface area contributed by atoms with Gasteiger partial charge < -0.3 is 14.5 Å². The molecule has 2 heterocycles. The summed E-state index contributed by atoms with van der Waals surface area (Å²) in [6.45, 7) is 10.9. The fraction of sp³-hybridized carbons (Fsp3) is 0.714. The zero-order valence-electron chi connectivity index (χ0n) is 11.6. The fourth-order valence-electron chi connectivity index (χ4n) is 2.12. The Morgan fingerprint density at radius 1 is 1.50 bits per heavy atom. The number of rotatable bonds is 5. The van der Waals surface area contributed by atoms with E-state index in [0.29, 0.717) is 12.1 Å². The van der Waals surface area contributed by atoms with E-state index in [9.17, 15) is 0 Å². The topological polar surface area (TPSA) is 37.6 Å². The summed E-state index contributed by atoms with van der Waals surface area (Å²) in [5.41, 5.74) is 1.22. The molecule has 102 valence electrons. The van der Waals surface area contributed by atoms with Crippen LogP contribution in [0.15, 0.2) is 16.7 Å². The van der Waals surface area contributed by atoms with Crippen LogP contribution in [0.3, 0.4) is 0 Å². The Morgan fingerprint density at radius 2 is 2.33 bits per heavy atom. The van der Waals surface area contributed by atoms with Crippen LogP contribution in [0.1, 0.15) is 32.1 Å². The highest BCUT2D eigenvalue weighted by Gasteiger charge is 2.19. The van der Waals surface area contributed by atoms with Crippen molar-refractivity contribution in [3.8, 4) is 0 Å². The zero-order valence-corrected chi connectivity index (χ0v) is 11.6. The SMILES string of the molecule is CC(C)NCc1coc(CN2CCOCC2C)c1. The molecule has 4 heteroatoms. The first-order chi connectivity index (χ1) is 8.65. The van der Waals surface area contributed by atoms with Gasteiger partial charge in [0.15, 0.2) is 0 Å². The minimum Gasteiger partial charge on any atom is -0.468 e. The average molecular weight is 252 g/mol. The Hall–Kier alpha value is -0.840. The van der Waals surface area contributed by atoms with Crippen molar-refractivity contribution in [1.29, 1.82) is 0 Å². The lowest BCUT2D eigenvalue weighted by atomic mass is 10.2. The number of morpholine rings is 1. The summed E-state index contributed by atoms with van der Waals surface area (Å²) in [5, 5.41) is 3.39. The lowest BCUT2D eigenvalue weighted by molar-refractivity contribution is -0.00708. The van der Waals surface area contributed by atoms with Gasteiger partial charge in [-0.2, -0.15) is 0 Å². The molecule has 4 nitrogen and oxygen atoms in total. The molecule has 1 unspecified atom stereocenters. The van der Waals surface area contributed by atoms with Gasteiger partial charge in [-0.15, -0.1) is 0 Å². The summed E-state index contributed by atoms with van der Waals surface area (Å²) < 4.78 is 11.1. The van der Waals surface area contributed by atoms with Crippen molar-refractivity contribution < 1.29 is 9.15 Å². The van der Waals surface area contributed by atoms with Crippen molar-refractivity contribution >= 4 is 0 Å². The highest BCUT2D eigenvalue weighted by Crippen LogP contribution is 2.14. The lowest BCUT2D eigenvalue weighted by Gasteiger charge is -2.32. The minimum atomic E-state index is 0.473. The van der Waals surface area contributed by atoms with Gasteiger partial charge in [0, 0.05) is 30.7 Å². The van der Waals surface area contributed by atoms with Gasteiger partial charge in [-0.1, -0.05) is 13.8 Å². The first-order valence-corrected chi connectivity index (χ1v) is 6.76. The maximum Gasteiger partial charge on any atom is 0.118 e. The van der Waals surface area contributed by atoms with Crippen molar-refractivity contribution in [3.05, 3.63) is 23.7 Å². The Labute approximate surface area is 109 Å². The van der Waals surface area contributed by atoms with Gasteiger partial charge in [0.1, 0.15) is 5.76 Å². The van der Waals surface area contributed by atoms with Gasteiger partial charge >= 0.3 is 0 Å². The van der Waals surface area contributed by atoms with Gasteiger partial charge in [0.05, 0.1) is 26.0 Å². The van der Waals surface area contributed by atoms with E-state index in [1.54, 1.807) is 0 Å². The van der Waals surface area contributed by atoms with Crippen LogP contribution in [0.5, 0.6) is 0 Å². The van der Waals surface area contributed by atoms with E-state index in [0.717, 1.165) is 38.6 Å².